The largest absolute Gasteiger partial charge is 0.354 e. The fraction of sp³-hybridized carbons (Fsp3) is 0.278. The van der Waals surface area contributed by atoms with Gasteiger partial charge < -0.3 is 5.32 Å². The number of sulfonamides is 1. The fourth-order valence-corrected chi connectivity index (χ4v) is 3.56. The molecule has 0 aliphatic heterocycles. The van der Waals surface area contributed by atoms with Crippen molar-refractivity contribution in [2.75, 3.05) is 23.7 Å². The lowest BCUT2D eigenvalue weighted by molar-refractivity contribution is -0.120. The first kappa shape index (κ1) is 20.2. The highest BCUT2D eigenvalue weighted by atomic mass is 35.5. The second-order valence-corrected chi connectivity index (χ2v) is 8.20. The van der Waals surface area contributed by atoms with Crippen LogP contribution in [0.4, 0.5) is 10.1 Å². The zero-order chi connectivity index (χ0) is 19.3. The van der Waals surface area contributed by atoms with Crippen LogP contribution in [0, 0.1) is 12.7 Å². The van der Waals surface area contributed by atoms with Gasteiger partial charge in [-0.1, -0.05) is 35.9 Å². The Bertz CT molecular complexity index is 903. The number of carbonyl (C=O) groups excluding carboxylic acids is 1. The smallest absolute Gasteiger partial charge is 0.232 e. The molecular formula is C18H20ClFN2O3S. The molecule has 0 atom stereocenters. The average Bonchev–Trinajstić information content (AvgIpc) is 2.55. The Hall–Kier alpha value is -2.12. The van der Waals surface area contributed by atoms with Gasteiger partial charge >= 0.3 is 0 Å². The van der Waals surface area contributed by atoms with Crippen LogP contribution in [0.5, 0.6) is 0 Å². The molecule has 0 saturated carbocycles. The van der Waals surface area contributed by atoms with E-state index in [2.05, 4.69) is 5.32 Å². The first-order valence-corrected chi connectivity index (χ1v) is 10.1. The summed E-state index contributed by atoms with van der Waals surface area (Å²) in [6.07, 6.45) is 1.26. The molecular weight excluding hydrogens is 379 g/mol. The molecule has 0 unspecified atom stereocenters. The maximum Gasteiger partial charge on any atom is 0.232 e. The highest BCUT2D eigenvalue weighted by Crippen LogP contribution is 2.24. The van der Waals surface area contributed by atoms with Gasteiger partial charge in [0.1, 0.15) is 5.82 Å². The van der Waals surface area contributed by atoms with Crippen molar-refractivity contribution in [3.05, 3.63) is 64.4 Å². The number of nitrogens with one attached hydrogen (secondary N) is 1. The number of rotatable bonds is 7. The van der Waals surface area contributed by atoms with Crippen molar-refractivity contribution in [3.8, 4) is 0 Å². The van der Waals surface area contributed by atoms with Crippen LogP contribution in [0.25, 0.3) is 0 Å². The second kappa shape index (κ2) is 8.51. The van der Waals surface area contributed by atoms with Crippen LogP contribution in [0.1, 0.15) is 11.1 Å². The minimum atomic E-state index is -3.61. The van der Waals surface area contributed by atoms with Crippen LogP contribution >= 0.6 is 11.6 Å². The topological polar surface area (TPSA) is 66.5 Å². The fourth-order valence-electron chi connectivity index (χ4n) is 2.47. The number of benzene rings is 2. The Morgan fingerprint density at radius 1 is 1.23 bits per heavy atom. The molecule has 1 amide bonds. The summed E-state index contributed by atoms with van der Waals surface area (Å²) in [5.41, 5.74) is 2.17. The molecule has 2 aromatic carbocycles. The lowest BCUT2D eigenvalue weighted by atomic mass is 10.1. The highest BCUT2D eigenvalue weighted by molar-refractivity contribution is 7.92. The van der Waals surface area contributed by atoms with E-state index in [1.165, 1.54) is 12.1 Å². The van der Waals surface area contributed by atoms with Crippen LogP contribution in [-0.4, -0.2) is 33.7 Å². The van der Waals surface area contributed by atoms with Crippen molar-refractivity contribution in [1.82, 2.24) is 5.32 Å². The summed E-state index contributed by atoms with van der Waals surface area (Å²) in [5.74, 6) is -0.833. The molecule has 0 spiro atoms. The summed E-state index contributed by atoms with van der Waals surface area (Å²) in [6.45, 7) is 2.05. The van der Waals surface area contributed by atoms with E-state index < -0.39 is 15.8 Å². The van der Waals surface area contributed by atoms with Gasteiger partial charge in [0.05, 0.1) is 29.9 Å². The molecule has 0 bridgehead atoms. The van der Waals surface area contributed by atoms with Crippen LogP contribution in [-0.2, 0) is 21.2 Å². The van der Waals surface area contributed by atoms with Crippen molar-refractivity contribution in [3.63, 3.8) is 0 Å². The molecule has 0 aliphatic rings. The minimum absolute atomic E-state index is 0.0142. The summed E-state index contributed by atoms with van der Waals surface area (Å²) in [6, 6.07) is 11.2. The summed E-state index contributed by atoms with van der Waals surface area (Å²) in [5, 5.41) is 2.54. The molecule has 2 aromatic rings. The van der Waals surface area contributed by atoms with Gasteiger partial charge in [0.15, 0.2) is 0 Å². The summed E-state index contributed by atoms with van der Waals surface area (Å²) >= 11 is 5.73. The Kier molecular flexibility index (Phi) is 6.61. The Morgan fingerprint density at radius 3 is 2.54 bits per heavy atom. The van der Waals surface area contributed by atoms with Crippen molar-refractivity contribution < 1.29 is 17.6 Å². The first-order chi connectivity index (χ1) is 12.2. The van der Waals surface area contributed by atoms with Gasteiger partial charge in [0.25, 0.3) is 0 Å². The number of carbonyl (C=O) groups is 1. The van der Waals surface area contributed by atoms with E-state index in [-0.39, 0.29) is 36.1 Å². The SMILES string of the molecule is Cc1ccccc1CC(=O)NCCN(c1ccc(F)c(Cl)c1)S(C)(=O)=O. The number of hydrogen-bond donors (Lipinski definition) is 1. The monoisotopic (exact) mass is 398 g/mol. The highest BCUT2D eigenvalue weighted by Gasteiger charge is 2.18. The standard InChI is InChI=1S/C18H20ClFN2O3S/c1-13-5-3-4-6-14(13)11-18(23)21-9-10-22(26(2,24)25)15-7-8-17(20)16(19)12-15/h3-8,12H,9-11H2,1-2H3,(H,21,23). The Balaban J connectivity index is 2.01. The molecule has 0 radical (unpaired) electrons. The number of halogens is 2. The van der Waals surface area contributed by atoms with Gasteiger partial charge in [-0.15, -0.1) is 0 Å². The van der Waals surface area contributed by atoms with Gasteiger partial charge in [-0.05, 0) is 36.2 Å². The summed E-state index contributed by atoms with van der Waals surface area (Å²) in [7, 11) is -3.61. The molecule has 0 fully saturated rings. The van der Waals surface area contributed by atoms with Crippen LogP contribution in [0.15, 0.2) is 42.5 Å². The molecule has 8 heteroatoms. The van der Waals surface area contributed by atoms with Gasteiger partial charge in [0, 0.05) is 6.54 Å². The number of hydrogen-bond acceptors (Lipinski definition) is 3. The van der Waals surface area contributed by atoms with Crippen LogP contribution in [0.3, 0.4) is 0 Å². The maximum absolute atomic E-state index is 13.3. The molecule has 1 N–H and O–H groups in total. The van der Waals surface area contributed by atoms with E-state index in [1.54, 1.807) is 0 Å². The lowest BCUT2D eigenvalue weighted by Gasteiger charge is -2.23. The normalized spacial score (nSPS) is 11.2. The van der Waals surface area contributed by atoms with Crippen LogP contribution < -0.4 is 9.62 Å². The number of anilines is 1. The molecule has 26 heavy (non-hydrogen) atoms. The quantitative estimate of drug-likeness (QED) is 0.779. The van der Waals surface area contributed by atoms with E-state index in [1.807, 2.05) is 31.2 Å². The maximum atomic E-state index is 13.3. The molecule has 2 rings (SSSR count). The second-order valence-electron chi connectivity index (χ2n) is 5.89. The Labute approximate surface area is 157 Å². The van der Waals surface area contributed by atoms with Crippen molar-refractivity contribution in [1.29, 1.82) is 0 Å². The van der Waals surface area contributed by atoms with Gasteiger partial charge in [-0.2, -0.15) is 0 Å². The third-order valence-corrected chi connectivity index (χ3v) is 5.32. The zero-order valence-electron chi connectivity index (χ0n) is 14.5. The van der Waals surface area contributed by atoms with E-state index in [9.17, 15) is 17.6 Å². The zero-order valence-corrected chi connectivity index (χ0v) is 16.1. The van der Waals surface area contributed by atoms with E-state index >= 15 is 0 Å². The molecule has 0 aliphatic carbocycles. The Morgan fingerprint density at radius 2 is 1.92 bits per heavy atom. The minimum Gasteiger partial charge on any atom is -0.354 e. The predicted molar refractivity (Wildman–Crippen MR) is 101 cm³/mol. The molecule has 0 heterocycles. The third kappa shape index (κ3) is 5.44. The number of aryl methyl sites for hydroxylation is 1. The first-order valence-electron chi connectivity index (χ1n) is 7.92. The van der Waals surface area contributed by atoms with Crippen molar-refractivity contribution in [2.45, 2.75) is 13.3 Å². The van der Waals surface area contributed by atoms with Crippen molar-refractivity contribution >= 4 is 33.2 Å². The molecule has 0 saturated heterocycles. The number of amides is 1. The summed E-state index contributed by atoms with van der Waals surface area (Å²) in [4.78, 5) is 12.1. The average molecular weight is 399 g/mol. The van der Waals surface area contributed by atoms with E-state index in [4.69, 9.17) is 11.6 Å². The van der Waals surface area contributed by atoms with Gasteiger partial charge in [0.2, 0.25) is 15.9 Å². The van der Waals surface area contributed by atoms with Crippen LogP contribution in [0.2, 0.25) is 5.02 Å². The molecule has 0 aromatic heterocycles. The molecule has 5 nitrogen and oxygen atoms in total. The third-order valence-electron chi connectivity index (χ3n) is 3.84. The van der Waals surface area contributed by atoms with Crippen molar-refractivity contribution in [2.24, 2.45) is 0 Å². The predicted octanol–water partition coefficient (Wildman–Crippen LogP) is 2.91. The number of nitrogens with zero attached hydrogens (tertiary/aromatic N) is 1. The van der Waals surface area contributed by atoms with E-state index in [0.717, 1.165) is 27.8 Å². The van der Waals surface area contributed by atoms with Gasteiger partial charge in [-0.25, -0.2) is 12.8 Å². The summed E-state index contributed by atoms with van der Waals surface area (Å²) < 4.78 is 38.4. The van der Waals surface area contributed by atoms with E-state index in [0.29, 0.717) is 0 Å². The van der Waals surface area contributed by atoms with Gasteiger partial charge in [-0.3, -0.25) is 9.10 Å². The lowest BCUT2D eigenvalue weighted by Crippen LogP contribution is -2.38. The molecule has 140 valence electrons.